The molecule has 0 saturated carbocycles. The lowest BCUT2D eigenvalue weighted by Gasteiger charge is -2.50. The van der Waals surface area contributed by atoms with Crippen molar-refractivity contribution < 1.29 is 14.3 Å². The van der Waals surface area contributed by atoms with E-state index in [4.69, 9.17) is 9.47 Å². The lowest BCUT2D eigenvalue weighted by atomic mass is 9.89. The maximum absolute atomic E-state index is 12.8. The van der Waals surface area contributed by atoms with Crippen molar-refractivity contribution in [1.29, 1.82) is 0 Å². The second-order valence-electron chi connectivity index (χ2n) is 6.56. The summed E-state index contributed by atoms with van der Waals surface area (Å²) in [5, 5.41) is 3.11. The minimum atomic E-state index is -0.735. The SMILES string of the molecule is COc1cccc(N2C(=O)N[C@H]3C[C@]2(C)Oc2ccc(C)cc23)c1. The maximum atomic E-state index is 12.8. The summed E-state index contributed by atoms with van der Waals surface area (Å²) in [7, 11) is 1.61. The molecule has 4 rings (SSSR count). The monoisotopic (exact) mass is 324 g/mol. The van der Waals surface area contributed by atoms with Crippen molar-refractivity contribution in [1.82, 2.24) is 5.32 Å². The number of fused-ring (bicyclic) bond motifs is 4. The molecule has 2 heterocycles. The zero-order chi connectivity index (χ0) is 16.9. The Morgan fingerprint density at radius 2 is 2.12 bits per heavy atom. The molecule has 24 heavy (non-hydrogen) atoms. The third-order valence-corrected chi connectivity index (χ3v) is 4.74. The van der Waals surface area contributed by atoms with Crippen LogP contribution < -0.4 is 19.7 Å². The highest BCUT2D eigenvalue weighted by molar-refractivity contribution is 5.95. The molecular weight excluding hydrogens is 304 g/mol. The van der Waals surface area contributed by atoms with Gasteiger partial charge in [0.2, 0.25) is 0 Å². The standard InChI is InChI=1S/C19H20N2O3/c1-12-7-8-17-15(9-12)16-11-19(2,24-17)21(18(22)20-16)13-5-4-6-14(10-13)23-3/h4-10,16H,11H2,1-3H3,(H,20,22)/t16-,19-/m0/s1. The number of hydrogen-bond donors (Lipinski definition) is 1. The number of carbonyl (C=O) groups excluding carboxylic acids is 1. The Labute approximate surface area is 141 Å². The summed E-state index contributed by atoms with van der Waals surface area (Å²) < 4.78 is 11.6. The first-order valence-corrected chi connectivity index (χ1v) is 8.04. The van der Waals surface area contributed by atoms with Crippen LogP contribution in [0.25, 0.3) is 0 Å². The first-order chi connectivity index (χ1) is 11.5. The quantitative estimate of drug-likeness (QED) is 0.915. The van der Waals surface area contributed by atoms with Crippen molar-refractivity contribution in [3.63, 3.8) is 0 Å². The molecule has 0 unspecified atom stereocenters. The Kier molecular flexibility index (Phi) is 3.20. The number of ether oxygens (including phenoxy) is 2. The second-order valence-corrected chi connectivity index (χ2v) is 6.56. The van der Waals surface area contributed by atoms with Gasteiger partial charge in [-0.1, -0.05) is 23.8 Å². The fourth-order valence-electron chi connectivity index (χ4n) is 3.63. The van der Waals surface area contributed by atoms with E-state index in [1.165, 1.54) is 0 Å². The predicted octanol–water partition coefficient (Wildman–Crippen LogP) is 3.77. The molecule has 2 aromatic carbocycles. The minimum absolute atomic E-state index is 0.0343. The van der Waals surface area contributed by atoms with Crippen molar-refractivity contribution in [2.45, 2.75) is 32.0 Å². The third kappa shape index (κ3) is 2.19. The van der Waals surface area contributed by atoms with Gasteiger partial charge in [-0.3, -0.25) is 4.90 Å². The lowest BCUT2D eigenvalue weighted by molar-refractivity contribution is 0.0378. The molecule has 0 aliphatic carbocycles. The van der Waals surface area contributed by atoms with Gasteiger partial charge in [-0.15, -0.1) is 0 Å². The Bertz CT molecular complexity index is 820. The van der Waals surface area contributed by atoms with E-state index in [0.717, 1.165) is 22.6 Å². The summed E-state index contributed by atoms with van der Waals surface area (Å²) in [5.41, 5.74) is 2.22. The number of nitrogens with one attached hydrogen (secondary N) is 1. The number of anilines is 1. The third-order valence-electron chi connectivity index (χ3n) is 4.74. The summed E-state index contributed by atoms with van der Waals surface area (Å²) in [6.07, 6.45) is 0.687. The van der Waals surface area contributed by atoms with Gasteiger partial charge in [0.15, 0.2) is 5.72 Å². The van der Waals surface area contributed by atoms with E-state index >= 15 is 0 Å². The van der Waals surface area contributed by atoms with Gasteiger partial charge in [0.25, 0.3) is 0 Å². The van der Waals surface area contributed by atoms with Crippen molar-refractivity contribution in [2.24, 2.45) is 0 Å². The van der Waals surface area contributed by atoms with Crippen LogP contribution in [0.3, 0.4) is 0 Å². The maximum Gasteiger partial charge on any atom is 0.325 e. The number of methoxy groups -OCH3 is 1. The summed E-state index contributed by atoms with van der Waals surface area (Å²) in [5.74, 6) is 1.53. The molecule has 5 nitrogen and oxygen atoms in total. The molecule has 2 aliphatic rings. The van der Waals surface area contributed by atoms with Crippen molar-refractivity contribution >= 4 is 11.7 Å². The molecule has 2 amide bonds. The van der Waals surface area contributed by atoms with E-state index in [2.05, 4.69) is 11.4 Å². The number of carbonyl (C=O) groups is 1. The second kappa shape index (κ2) is 5.16. The topological polar surface area (TPSA) is 50.8 Å². The molecule has 1 fully saturated rings. The van der Waals surface area contributed by atoms with Crippen LogP contribution in [0.15, 0.2) is 42.5 Å². The number of benzene rings is 2. The summed E-state index contributed by atoms with van der Waals surface area (Å²) in [6, 6.07) is 13.4. The molecule has 0 spiro atoms. The summed E-state index contributed by atoms with van der Waals surface area (Å²) in [6.45, 7) is 4.00. The summed E-state index contributed by atoms with van der Waals surface area (Å²) in [4.78, 5) is 14.5. The number of hydrogen-bond acceptors (Lipinski definition) is 3. The van der Waals surface area contributed by atoms with Crippen LogP contribution in [0.2, 0.25) is 0 Å². The lowest BCUT2D eigenvalue weighted by Crippen LogP contribution is -2.65. The molecule has 5 heteroatoms. The zero-order valence-corrected chi connectivity index (χ0v) is 14.0. The van der Waals surface area contributed by atoms with Crippen molar-refractivity contribution in [2.75, 3.05) is 12.0 Å². The number of nitrogens with zero attached hydrogens (tertiary/aromatic N) is 1. The average molecular weight is 324 g/mol. The fourth-order valence-corrected chi connectivity index (χ4v) is 3.63. The molecule has 2 aromatic rings. The molecule has 1 saturated heterocycles. The smallest absolute Gasteiger partial charge is 0.325 e. The van der Waals surface area contributed by atoms with Gasteiger partial charge in [0.05, 0.1) is 18.8 Å². The van der Waals surface area contributed by atoms with E-state index in [1.54, 1.807) is 12.0 Å². The molecule has 124 valence electrons. The average Bonchev–Trinajstić information content (AvgIpc) is 2.55. The largest absolute Gasteiger partial charge is 0.497 e. The number of urea groups is 1. The molecule has 2 atom stereocenters. The highest BCUT2D eigenvalue weighted by atomic mass is 16.5. The highest BCUT2D eigenvalue weighted by Crippen LogP contribution is 2.46. The van der Waals surface area contributed by atoms with Crippen LogP contribution in [0.4, 0.5) is 10.5 Å². The van der Waals surface area contributed by atoms with Gasteiger partial charge in [-0.25, -0.2) is 4.79 Å². The predicted molar refractivity (Wildman–Crippen MR) is 91.6 cm³/mol. The van der Waals surface area contributed by atoms with Crippen LogP contribution >= 0.6 is 0 Å². The first-order valence-electron chi connectivity index (χ1n) is 8.04. The highest BCUT2D eigenvalue weighted by Gasteiger charge is 2.49. The number of rotatable bonds is 2. The van der Waals surface area contributed by atoms with Crippen LogP contribution in [0, 0.1) is 6.92 Å². The van der Waals surface area contributed by atoms with E-state index < -0.39 is 5.72 Å². The van der Waals surface area contributed by atoms with Gasteiger partial charge >= 0.3 is 6.03 Å². The molecule has 0 aromatic heterocycles. The fraction of sp³-hybridized carbons (Fsp3) is 0.316. The summed E-state index contributed by atoms with van der Waals surface area (Å²) >= 11 is 0. The van der Waals surface area contributed by atoms with Gasteiger partial charge in [-0.2, -0.15) is 0 Å². The Morgan fingerprint density at radius 1 is 1.29 bits per heavy atom. The van der Waals surface area contributed by atoms with Crippen LogP contribution in [-0.4, -0.2) is 18.9 Å². The van der Waals surface area contributed by atoms with E-state index in [0.29, 0.717) is 12.2 Å². The van der Waals surface area contributed by atoms with Crippen LogP contribution in [-0.2, 0) is 0 Å². The van der Waals surface area contributed by atoms with E-state index in [1.807, 2.05) is 50.2 Å². The van der Waals surface area contributed by atoms with Crippen LogP contribution in [0.1, 0.15) is 30.5 Å². The van der Waals surface area contributed by atoms with Gasteiger partial charge in [-0.05, 0) is 32.0 Å². The van der Waals surface area contributed by atoms with E-state index in [9.17, 15) is 4.79 Å². The van der Waals surface area contributed by atoms with E-state index in [-0.39, 0.29) is 12.1 Å². The Balaban J connectivity index is 1.79. The van der Waals surface area contributed by atoms with Crippen molar-refractivity contribution in [3.8, 4) is 11.5 Å². The molecule has 0 radical (unpaired) electrons. The number of aryl methyl sites for hydroxylation is 1. The van der Waals surface area contributed by atoms with Crippen molar-refractivity contribution in [3.05, 3.63) is 53.6 Å². The first kappa shape index (κ1) is 14.9. The molecule has 2 aliphatic heterocycles. The normalized spacial score (nSPS) is 24.7. The molecular formula is C19H20N2O3. The molecule has 1 N–H and O–H groups in total. The minimum Gasteiger partial charge on any atom is -0.497 e. The Hall–Kier alpha value is -2.69. The van der Waals surface area contributed by atoms with Gasteiger partial charge < -0.3 is 14.8 Å². The number of amides is 2. The Morgan fingerprint density at radius 3 is 2.92 bits per heavy atom. The molecule has 2 bridgehead atoms. The van der Waals surface area contributed by atoms with Gasteiger partial charge in [0, 0.05) is 18.1 Å². The zero-order valence-electron chi connectivity index (χ0n) is 14.0. The van der Waals surface area contributed by atoms with Gasteiger partial charge in [0.1, 0.15) is 11.5 Å². The van der Waals surface area contributed by atoms with Crippen LogP contribution in [0.5, 0.6) is 11.5 Å².